The second-order valence-corrected chi connectivity index (χ2v) is 11.2. The van der Waals surface area contributed by atoms with Crippen LogP contribution in [0.15, 0.2) is 77.2 Å². The van der Waals surface area contributed by atoms with E-state index in [2.05, 4.69) is 22.3 Å². The number of rotatable bonds is 5. The van der Waals surface area contributed by atoms with Crippen molar-refractivity contribution in [3.63, 3.8) is 0 Å². The van der Waals surface area contributed by atoms with Gasteiger partial charge in [0.25, 0.3) is 5.91 Å². The summed E-state index contributed by atoms with van der Waals surface area (Å²) in [7, 11) is 0. The largest absolute Gasteiger partial charge is 0.456 e. The van der Waals surface area contributed by atoms with Crippen LogP contribution in [0.2, 0.25) is 5.02 Å². The Morgan fingerprint density at radius 3 is 2.46 bits per heavy atom. The van der Waals surface area contributed by atoms with Crippen molar-refractivity contribution in [3.05, 3.63) is 88.9 Å². The van der Waals surface area contributed by atoms with Crippen molar-refractivity contribution in [1.82, 2.24) is 9.80 Å². The molecule has 0 saturated carbocycles. The molecule has 1 fully saturated rings. The zero-order valence-electron chi connectivity index (χ0n) is 22.4. The van der Waals surface area contributed by atoms with Crippen LogP contribution < -0.4 is 5.32 Å². The molecule has 0 radical (unpaired) electrons. The van der Waals surface area contributed by atoms with E-state index in [0.717, 1.165) is 36.2 Å². The Hall–Kier alpha value is -3.81. The second kappa shape index (κ2) is 11.1. The molecule has 0 spiro atoms. The number of piperazine rings is 1. The van der Waals surface area contributed by atoms with Gasteiger partial charge in [-0.25, -0.2) is 4.79 Å². The van der Waals surface area contributed by atoms with Crippen molar-refractivity contribution in [2.75, 3.05) is 31.5 Å². The van der Waals surface area contributed by atoms with Gasteiger partial charge in [-0.1, -0.05) is 35.9 Å². The highest BCUT2D eigenvalue weighted by molar-refractivity contribution is 6.31. The van der Waals surface area contributed by atoms with Gasteiger partial charge < -0.3 is 19.4 Å². The van der Waals surface area contributed by atoms with E-state index in [-0.39, 0.29) is 12.0 Å². The van der Waals surface area contributed by atoms with E-state index in [1.807, 2.05) is 57.2 Å². The normalized spacial score (nSPS) is 14.4. The Morgan fingerprint density at radius 2 is 1.72 bits per heavy atom. The number of nitrogens with one attached hydrogen (secondary N) is 1. The first kappa shape index (κ1) is 26.8. The number of fused-ring (bicyclic) bond motifs is 1. The third kappa shape index (κ3) is 6.61. The number of para-hydroxylation sites is 1. The Labute approximate surface area is 233 Å². The molecule has 1 aliphatic rings. The molecule has 1 aromatic heterocycles. The van der Waals surface area contributed by atoms with Gasteiger partial charge in [-0.2, -0.15) is 0 Å². The molecule has 0 unspecified atom stereocenters. The molecule has 1 aliphatic heterocycles. The number of anilines is 1. The topological polar surface area (TPSA) is 75.0 Å². The van der Waals surface area contributed by atoms with E-state index in [1.165, 1.54) is 5.56 Å². The summed E-state index contributed by atoms with van der Waals surface area (Å²) >= 11 is 6.06. The highest BCUT2D eigenvalue weighted by Gasteiger charge is 2.26. The summed E-state index contributed by atoms with van der Waals surface area (Å²) in [6.45, 7) is 9.29. The minimum absolute atomic E-state index is 0.241. The minimum Gasteiger partial charge on any atom is -0.456 e. The van der Waals surface area contributed by atoms with Crippen LogP contribution in [0.5, 0.6) is 0 Å². The predicted molar refractivity (Wildman–Crippen MR) is 154 cm³/mol. The van der Waals surface area contributed by atoms with Crippen molar-refractivity contribution in [2.24, 2.45) is 0 Å². The molecule has 1 saturated heterocycles. The fourth-order valence-electron chi connectivity index (χ4n) is 4.63. The van der Waals surface area contributed by atoms with Gasteiger partial charge in [-0.05, 0) is 74.9 Å². The van der Waals surface area contributed by atoms with Gasteiger partial charge in [0.1, 0.15) is 16.9 Å². The minimum atomic E-state index is -0.491. The lowest BCUT2D eigenvalue weighted by molar-refractivity contribution is 0.0139. The molecule has 8 heteroatoms. The van der Waals surface area contributed by atoms with E-state index in [9.17, 15) is 9.59 Å². The summed E-state index contributed by atoms with van der Waals surface area (Å²) in [6.07, 6.45) is -0.251. The molecule has 7 nitrogen and oxygen atoms in total. The lowest BCUT2D eigenvalue weighted by atomic mass is 10.1. The van der Waals surface area contributed by atoms with E-state index >= 15 is 0 Å². The molecule has 39 heavy (non-hydrogen) atoms. The predicted octanol–water partition coefficient (Wildman–Crippen LogP) is 7.06. The van der Waals surface area contributed by atoms with Crippen LogP contribution >= 0.6 is 11.6 Å². The van der Waals surface area contributed by atoms with Crippen LogP contribution in [-0.4, -0.2) is 53.6 Å². The number of benzene rings is 3. The molecule has 202 valence electrons. The number of furan rings is 1. The van der Waals surface area contributed by atoms with Crippen molar-refractivity contribution in [2.45, 2.75) is 32.9 Å². The average molecular weight is 546 g/mol. The number of carbonyl (C=O) groups is 2. The van der Waals surface area contributed by atoms with E-state index in [0.29, 0.717) is 35.1 Å². The maximum atomic E-state index is 12.8. The number of amides is 2. The van der Waals surface area contributed by atoms with Gasteiger partial charge >= 0.3 is 6.09 Å². The van der Waals surface area contributed by atoms with Gasteiger partial charge in [-0.15, -0.1) is 0 Å². The van der Waals surface area contributed by atoms with Crippen molar-refractivity contribution in [1.29, 1.82) is 0 Å². The molecule has 0 bridgehead atoms. The number of hydrogen-bond acceptors (Lipinski definition) is 5. The summed E-state index contributed by atoms with van der Waals surface area (Å²) in [5.74, 6) is 0.435. The Balaban J connectivity index is 1.27. The third-order valence-electron chi connectivity index (χ3n) is 6.54. The number of carbonyl (C=O) groups excluding carboxylic acids is 2. The zero-order chi connectivity index (χ0) is 27.6. The molecule has 0 atom stereocenters. The van der Waals surface area contributed by atoms with E-state index in [4.69, 9.17) is 20.8 Å². The van der Waals surface area contributed by atoms with Crippen molar-refractivity contribution < 1.29 is 18.7 Å². The van der Waals surface area contributed by atoms with Crippen LogP contribution in [0.1, 0.15) is 36.7 Å². The summed E-state index contributed by atoms with van der Waals surface area (Å²) in [4.78, 5) is 29.3. The van der Waals surface area contributed by atoms with Crippen molar-refractivity contribution in [3.8, 4) is 11.3 Å². The molecule has 3 aromatic carbocycles. The fraction of sp³-hybridized carbons (Fsp3) is 0.290. The van der Waals surface area contributed by atoms with Crippen LogP contribution in [-0.2, 0) is 11.3 Å². The molecule has 2 heterocycles. The monoisotopic (exact) mass is 545 g/mol. The summed E-state index contributed by atoms with van der Waals surface area (Å²) in [5, 5.41) is 4.48. The highest BCUT2D eigenvalue weighted by Crippen LogP contribution is 2.33. The Kier molecular flexibility index (Phi) is 7.64. The fourth-order valence-corrected chi connectivity index (χ4v) is 4.82. The van der Waals surface area contributed by atoms with Crippen LogP contribution in [0.4, 0.5) is 10.5 Å². The highest BCUT2D eigenvalue weighted by atomic mass is 35.5. The number of ether oxygens (including phenoxy) is 1. The molecule has 1 N–H and O–H groups in total. The van der Waals surface area contributed by atoms with Crippen LogP contribution in [0.3, 0.4) is 0 Å². The zero-order valence-corrected chi connectivity index (χ0v) is 23.1. The first-order valence-corrected chi connectivity index (χ1v) is 13.4. The standard InChI is InChI=1S/C31H32ClN3O4/c1-31(2,3)39-30(37)35-15-13-34(14-16-35)20-21-11-12-27-23(17-21)19-28(38-27)25-9-4-5-10-26(25)33-29(36)22-7-6-8-24(32)18-22/h4-12,17-19H,13-16,20H2,1-3H3,(H,33,36). The maximum absolute atomic E-state index is 12.8. The third-order valence-corrected chi connectivity index (χ3v) is 6.77. The van der Waals surface area contributed by atoms with Gasteiger partial charge in [0, 0.05) is 54.3 Å². The summed E-state index contributed by atoms with van der Waals surface area (Å²) in [5.41, 5.74) is 3.39. The molecule has 0 aliphatic carbocycles. The van der Waals surface area contributed by atoms with Crippen molar-refractivity contribution >= 4 is 40.3 Å². The molecular formula is C31H32ClN3O4. The average Bonchev–Trinajstić information content (AvgIpc) is 3.32. The lowest BCUT2D eigenvalue weighted by Crippen LogP contribution is -2.49. The first-order valence-electron chi connectivity index (χ1n) is 13.0. The molecular weight excluding hydrogens is 514 g/mol. The number of halogens is 1. The Morgan fingerprint density at radius 1 is 0.949 bits per heavy atom. The quantitative estimate of drug-likeness (QED) is 0.290. The summed E-state index contributed by atoms with van der Waals surface area (Å²) in [6, 6.07) is 22.6. The number of nitrogens with zero attached hydrogens (tertiary/aromatic N) is 2. The molecule has 4 aromatic rings. The summed E-state index contributed by atoms with van der Waals surface area (Å²) < 4.78 is 11.7. The molecule has 5 rings (SSSR count). The molecule has 2 amide bonds. The SMILES string of the molecule is CC(C)(C)OC(=O)N1CCN(Cc2ccc3oc(-c4ccccc4NC(=O)c4cccc(Cl)c4)cc3c2)CC1. The van der Waals surface area contributed by atoms with Crippen LogP contribution in [0.25, 0.3) is 22.3 Å². The first-order chi connectivity index (χ1) is 18.6. The van der Waals surface area contributed by atoms with Gasteiger partial charge in [0.05, 0.1) is 5.69 Å². The maximum Gasteiger partial charge on any atom is 0.410 e. The lowest BCUT2D eigenvalue weighted by Gasteiger charge is -2.35. The smallest absolute Gasteiger partial charge is 0.410 e. The van der Waals surface area contributed by atoms with Gasteiger partial charge in [0.15, 0.2) is 0 Å². The van der Waals surface area contributed by atoms with E-state index in [1.54, 1.807) is 29.2 Å². The van der Waals surface area contributed by atoms with Crippen LogP contribution in [0, 0.1) is 0 Å². The van der Waals surface area contributed by atoms with E-state index < -0.39 is 5.60 Å². The van der Waals surface area contributed by atoms with Gasteiger partial charge in [-0.3, -0.25) is 9.69 Å². The number of hydrogen-bond donors (Lipinski definition) is 1. The second-order valence-electron chi connectivity index (χ2n) is 10.7. The Bertz CT molecular complexity index is 1500. The van der Waals surface area contributed by atoms with Gasteiger partial charge in [0.2, 0.25) is 0 Å².